The number of halogens is 3. The SMILES string of the molecule is COc1cc(NCc2cccc(F)c2F)ccc1F. The second-order valence-corrected chi connectivity index (χ2v) is 3.92. The average Bonchev–Trinajstić information content (AvgIpc) is 2.42. The van der Waals surface area contributed by atoms with Gasteiger partial charge in [0.1, 0.15) is 0 Å². The fourth-order valence-corrected chi connectivity index (χ4v) is 1.65. The molecule has 2 aromatic carbocycles. The maximum atomic E-state index is 13.4. The van der Waals surface area contributed by atoms with Crippen LogP contribution in [0.1, 0.15) is 5.56 Å². The second kappa shape index (κ2) is 5.65. The summed E-state index contributed by atoms with van der Waals surface area (Å²) in [6, 6.07) is 8.15. The Morgan fingerprint density at radius 1 is 1.05 bits per heavy atom. The second-order valence-electron chi connectivity index (χ2n) is 3.92. The molecule has 0 saturated carbocycles. The molecule has 0 radical (unpaired) electrons. The third-order valence-electron chi connectivity index (χ3n) is 2.67. The van der Waals surface area contributed by atoms with Crippen molar-refractivity contribution >= 4 is 5.69 Å². The van der Waals surface area contributed by atoms with E-state index in [-0.39, 0.29) is 17.9 Å². The molecule has 0 aliphatic heterocycles. The molecule has 0 aromatic heterocycles. The van der Waals surface area contributed by atoms with Crippen LogP contribution in [0.2, 0.25) is 0 Å². The first-order valence-corrected chi connectivity index (χ1v) is 5.62. The van der Waals surface area contributed by atoms with Crippen molar-refractivity contribution < 1.29 is 17.9 Å². The third kappa shape index (κ3) is 2.99. The van der Waals surface area contributed by atoms with Gasteiger partial charge in [0.2, 0.25) is 0 Å². The van der Waals surface area contributed by atoms with Gasteiger partial charge in [0.15, 0.2) is 23.2 Å². The lowest BCUT2D eigenvalue weighted by atomic mass is 10.2. The van der Waals surface area contributed by atoms with Crippen molar-refractivity contribution in [2.75, 3.05) is 12.4 Å². The van der Waals surface area contributed by atoms with Crippen molar-refractivity contribution in [3.63, 3.8) is 0 Å². The Kier molecular flexibility index (Phi) is 3.94. The average molecular weight is 267 g/mol. The molecule has 0 unspecified atom stereocenters. The van der Waals surface area contributed by atoms with Crippen molar-refractivity contribution in [3.8, 4) is 5.75 Å². The van der Waals surface area contributed by atoms with E-state index in [9.17, 15) is 13.2 Å². The highest BCUT2D eigenvalue weighted by atomic mass is 19.2. The maximum Gasteiger partial charge on any atom is 0.165 e. The molecule has 19 heavy (non-hydrogen) atoms. The van der Waals surface area contributed by atoms with Gasteiger partial charge in [0.05, 0.1) is 7.11 Å². The van der Waals surface area contributed by atoms with E-state index in [1.807, 2.05) is 0 Å². The third-order valence-corrected chi connectivity index (χ3v) is 2.67. The van der Waals surface area contributed by atoms with E-state index in [0.29, 0.717) is 5.69 Å². The maximum absolute atomic E-state index is 13.4. The molecule has 0 spiro atoms. The van der Waals surface area contributed by atoms with Crippen LogP contribution in [0.15, 0.2) is 36.4 Å². The summed E-state index contributed by atoms with van der Waals surface area (Å²) in [5, 5.41) is 2.88. The van der Waals surface area contributed by atoms with E-state index >= 15 is 0 Å². The number of hydrogen-bond donors (Lipinski definition) is 1. The molecule has 0 amide bonds. The Balaban J connectivity index is 2.12. The highest BCUT2D eigenvalue weighted by Crippen LogP contribution is 2.22. The summed E-state index contributed by atoms with van der Waals surface area (Å²) in [6.07, 6.45) is 0. The standard InChI is InChI=1S/C14H12F3NO/c1-19-13-7-10(5-6-11(13)15)18-8-9-3-2-4-12(16)14(9)17/h2-7,18H,8H2,1H3. The molecule has 5 heteroatoms. The highest BCUT2D eigenvalue weighted by Gasteiger charge is 2.08. The summed E-state index contributed by atoms with van der Waals surface area (Å²) in [6.45, 7) is 0.0956. The fourth-order valence-electron chi connectivity index (χ4n) is 1.65. The van der Waals surface area contributed by atoms with Crippen LogP contribution in [0.25, 0.3) is 0 Å². The van der Waals surface area contributed by atoms with E-state index in [4.69, 9.17) is 4.74 Å². The zero-order valence-corrected chi connectivity index (χ0v) is 10.2. The van der Waals surface area contributed by atoms with E-state index < -0.39 is 17.5 Å². The van der Waals surface area contributed by atoms with Gasteiger partial charge >= 0.3 is 0 Å². The first-order valence-electron chi connectivity index (χ1n) is 5.62. The van der Waals surface area contributed by atoms with Crippen LogP contribution in [-0.4, -0.2) is 7.11 Å². The number of ether oxygens (including phenoxy) is 1. The summed E-state index contributed by atoms with van der Waals surface area (Å²) < 4.78 is 44.4. The molecule has 1 N–H and O–H groups in total. The molecule has 0 bridgehead atoms. The van der Waals surface area contributed by atoms with Gasteiger partial charge < -0.3 is 10.1 Å². The lowest BCUT2D eigenvalue weighted by Crippen LogP contribution is -2.03. The summed E-state index contributed by atoms with van der Waals surface area (Å²) in [5.74, 6) is -2.17. The molecule has 0 aliphatic rings. The minimum absolute atomic E-state index is 0.0877. The first kappa shape index (κ1) is 13.3. The number of rotatable bonds is 4. The van der Waals surface area contributed by atoms with Crippen molar-refractivity contribution in [2.45, 2.75) is 6.54 Å². The van der Waals surface area contributed by atoms with Crippen LogP contribution >= 0.6 is 0 Å². The molecule has 100 valence electrons. The molecule has 0 saturated heterocycles. The monoisotopic (exact) mass is 267 g/mol. The van der Waals surface area contributed by atoms with Gasteiger partial charge in [0, 0.05) is 23.9 Å². The summed E-state index contributed by atoms with van der Waals surface area (Å²) in [5.41, 5.74) is 0.755. The summed E-state index contributed by atoms with van der Waals surface area (Å²) in [7, 11) is 1.36. The Morgan fingerprint density at radius 2 is 1.84 bits per heavy atom. The molecule has 0 aliphatic carbocycles. The van der Waals surface area contributed by atoms with E-state index in [0.717, 1.165) is 6.07 Å². The van der Waals surface area contributed by atoms with Gasteiger partial charge in [-0.25, -0.2) is 13.2 Å². The largest absolute Gasteiger partial charge is 0.494 e. The molecule has 2 nitrogen and oxygen atoms in total. The van der Waals surface area contributed by atoms with Gasteiger partial charge in [0.25, 0.3) is 0 Å². The number of methoxy groups -OCH3 is 1. The van der Waals surface area contributed by atoms with Crippen molar-refractivity contribution in [1.29, 1.82) is 0 Å². The van der Waals surface area contributed by atoms with Crippen molar-refractivity contribution in [3.05, 3.63) is 59.4 Å². The van der Waals surface area contributed by atoms with Crippen LogP contribution in [0.4, 0.5) is 18.9 Å². The van der Waals surface area contributed by atoms with Gasteiger partial charge in [-0.05, 0) is 18.2 Å². The van der Waals surface area contributed by atoms with Gasteiger partial charge in [-0.3, -0.25) is 0 Å². The topological polar surface area (TPSA) is 21.3 Å². The van der Waals surface area contributed by atoms with Crippen LogP contribution in [0.5, 0.6) is 5.75 Å². The smallest absolute Gasteiger partial charge is 0.165 e. The van der Waals surface area contributed by atoms with Crippen molar-refractivity contribution in [1.82, 2.24) is 0 Å². The minimum Gasteiger partial charge on any atom is -0.494 e. The highest BCUT2D eigenvalue weighted by molar-refractivity contribution is 5.49. The quantitative estimate of drug-likeness (QED) is 0.911. The number of anilines is 1. The fraction of sp³-hybridized carbons (Fsp3) is 0.143. The van der Waals surface area contributed by atoms with Gasteiger partial charge in [-0.2, -0.15) is 0 Å². The number of hydrogen-bond acceptors (Lipinski definition) is 2. The minimum atomic E-state index is -0.893. The molecule has 0 fully saturated rings. The lowest BCUT2D eigenvalue weighted by molar-refractivity contribution is 0.387. The van der Waals surface area contributed by atoms with Gasteiger partial charge in [-0.1, -0.05) is 12.1 Å². The van der Waals surface area contributed by atoms with Crippen LogP contribution in [0.3, 0.4) is 0 Å². The Morgan fingerprint density at radius 3 is 2.58 bits per heavy atom. The Hall–Kier alpha value is -2.17. The molecule has 2 aromatic rings. The molecular formula is C14H12F3NO. The lowest BCUT2D eigenvalue weighted by Gasteiger charge is -2.09. The van der Waals surface area contributed by atoms with Gasteiger partial charge in [-0.15, -0.1) is 0 Å². The normalized spacial score (nSPS) is 10.3. The molecule has 0 atom stereocenters. The van der Waals surface area contributed by atoms with E-state index in [2.05, 4.69) is 5.32 Å². The number of nitrogens with one attached hydrogen (secondary N) is 1. The predicted molar refractivity (Wildman–Crippen MR) is 66.6 cm³/mol. The molecular weight excluding hydrogens is 255 g/mol. The zero-order valence-electron chi connectivity index (χ0n) is 10.2. The zero-order chi connectivity index (χ0) is 13.8. The van der Waals surface area contributed by atoms with Crippen LogP contribution < -0.4 is 10.1 Å². The van der Waals surface area contributed by atoms with Crippen LogP contribution in [-0.2, 0) is 6.54 Å². The van der Waals surface area contributed by atoms with Crippen LogP contribution in [0, 0.1) is 17.5 Å². The summed E-state index contributed by atoms with van der Waals surface area (Å²) >= 11 is 0. The summed E-state index contributed by atoms with van der Waals surface area (Å²) in [4.78, 5) is 0. The Labute approximate surface area is 108 Å². The van der Waals surface area contributed by atoms with E-state index in [1.165, 1.54) is 37.4 Å². The number of benzene rings is 2. The Bertz CT molecular complexity index is 587. The predicted octanol–water partition coefficient (Wildman–Crippen LogP) is 3.72. The molecule has 2 rings (SSSR count). The van der Waals surface area contributed by atoms with E-state index in [1.54, 1.807) is 0 Å². The molecule has 0 heterocycles. The first-order chi connectivity index (χ1) is 9.11. The van der Waals surface area contributed by atoms with Crippen molar-refractivity contribution in [2.24, 2.45) is 0 Å².